The third-order valence-corrected chi connectivity index (χ3v) is 4.66. The highest BCUT2D eigenvalue weighted by Crippen LogP contribution is 2.56. The molecule has 0 aliphatic heterocycles. The minimum absolute atomic E-state index is 0.428. The molecule has 2 aromatic rings. The standard InChI is InChI=1S/C15H11F6O3P/c16-14(17,18)11-5-1-3-9(7-11)13(25(22,23)24)10-4-2-6-12(8-10)15(19,20)21/h1-8,13H,(H2,22,23,24). The molecule has 0 saturated heterocycles. The minimum Gasteiger partial charge on any atom is -0.324 e. The summed E-state index contributed by atoms with van der Waals surface area (Å²) in [4.78, 5) is 19.0. The molecule has 0 atom stereocenters. The average molecular weight is 384 g/mol. The van der Waals surface area contributed by atoms with Crippen molar-refractivity contribution < 1.29 is 40.7 Å². The lowest BCUT2D eigenvalue weighted by Gasteiger charge is -2.21. The van der Waals surface area contributed by atoms with Gasteiger partial charge in [0.25, 0.3) is 0 Å². The third kappa shape index (κ3) is 4.62. The molecule has 0 aliphatic carbocycles. The Balaban J connectivity index is 2.62. The lowest BCUT2D eigenvalue weighted by Crippen LogP contribution is -2.10. The van der Waals surface area contributed by atoms with Gasteiger partial charge >= 0.3 is 19.9 Å². The van der Waals surface area contributed by atoms with Crippen LogP contribution in [0.25, 0.3) is 0 Å². The number of benzene rings is 2. The molecule has 3 nitrogen and oxygen atoms in total. The Kier molecular flexibility index (Phi) is 5.05. The molecule has 136 valence electrons. The van der Waals surface area contributed by atoms with Crippen molar-refractivity contribution in [2.24, 2.45) is 0 Å². The van der Waals surface area contributed by atoms with Gasteiger partial charge in [0.2, 0.25) is 0 Å². The van der Waals surface area contributed by atoms with Gasteiger partial charge in [-0.3, -0.25) is 4.57 Å². The summed E-state index contributed by atoms with van der Waals surface area (Å²) in [7, 11) is -5.10. The van der Waals surface area contributed by atoms with Gasteiger partial charge in [0.05, 0.1) is 11.1 Å². The van der Waals surface area contributed by atoms with E-state index in [0.29, 0.717) is 24.3 Å². The normalized spacial score (nSPS) is 13.3. The van der Waals surface area contributed by atoms with Crippen molar-refractivity contribution in [1.29, 1.82) is 0 Å². The van der Waals surface area contributed by atoms with Crippen LogP contribution in [0.5, 0.6) is 0 Å². The van der Waals surface area contributed by atoms with E-state index < -0.39 is 47.9 Å². The van der Waals surface area contributed by atoms with Crippen molar-refractivity contribution in [1.82, 2.24) is 0 Å². The molecule has 0 radical (unpaired) electrons. The fourth-order valence-corrected chi connectivity index (χ4v) is 3.45. The molecular formula is C15H11F6O3P. The Morgan fingerprint density at radius 2 is 1.12 bits per heavy atom. The highest BCUT2D eigenvalue weighted by molar-refractivity contribution is 7.52. The second-order valence-corrected chi connectivity index (χ2v) is 6.93. The lowest BCUT2D eigenvalue weighted by atomic mass is 10.00. The Bertz CT molecular complexity index is 752. The van der Waals surface area contributed by atoms with Gasteiger partial charge in [0, 0.05) is 0 Å². The summed E-state index contributed by atoms with van der Waals surface area (Å²) in [5.41, 5.74) is -5.12. The first kappa shape index (κ1) is 19.5. The van der Waals surface area contributed by atoms with Gasteiger partial charge in [-0.05, 0) is 23.3 Å². The zero-order chi connectivity index (χ0) is 19.0. The number of alkyl halides is 6. The van der Waals surface area contributed by atoms with E-state index in [-0.39, 0.29) is 0 Å². The van der Waals surface area contributed by atoms with Gasteiger partial charge < -0.3 is 9.79 Å². The molecule has 10 heteroatoms. The van der Waals surface area contributed by atoms with Crippen molar-refractivity contribution in [3.8, 4) is 0 Å². The fraction of sp³-hybridized carbons (Fsp3) is 0.200. The molecule has 0 fully saturated rings. The Morgan fingerprint density at radius 3 is 1.40 bits per heavy atom. The summed E-state index contributed by atoms with van der Waals surface area (Å²) in [5, 5.41) is 0. The van der Waals surface area contributed by atoms with Crippen LogP contribution in [0.15, 0.2) is 48.5 Å². The van der Waals surface area contributed by atoms with E-state index in [1.54, 1.807) is 0 Å². The molecule has 2 aromatic carbocycles. The first-order valence-electron chi connectivity index (χ1n) is 6.69. The maximum atomic E-state index is 12.8. The van der Waals surface area contributed by atoms with Gasteiger partial charge in [-0.25, -0.2) is 0 Å². The molecule has 0 spiro atoms. The summed E-state index contributed by atoms with van der Waals surface area (Å²) in [5.74, 6) is 0. The Labute approximate surface area is 138 Å². The van der Waals surface area contributed by atoms with Crippen LogP contribution in [0.2, 0.25) is 0 Å². The molecule has 0 saturated carbocycles. The number of hydrogen-bond acceptors (Lipinski definition) is 1. The lowest BCUT2D eigenvalue weighted by molar-refractivity contribution is -0.138. The highest BCUT2D eigenvalue weighted by atomic mass is 31.2. The quantitative estimate of drug-likeness (QED) is 0.579. The van der Waals surface area contributed by atoms with E-state index in [0.717, 1.165) is 24.3 Å². The molecule has 0 aromatic heterocycles. The number of hydrogen-bond donors (Lipinski definition) is 2. The summed E-state index contributed by atoms with van der Waals surface area (Å²) in [6.07, 6.45) is -9.52. The van der Waals surface area contributed by atoms with Crippen LogP contribution in [0.1, 0.15) is 27.9 Å². The molecule has 2 N–H and O–H groups in total. The minimum atomic E-state index is -5.10. The second kappa shape index (κ2) is 6.48. The van der Waals surface area contributed by atoms with Gasteiger partial charge in [-0.2, -0.15) is 26.3 Å². The SMILES string of the molecule is O=P(O)(O)C(c1cccc(C(F)(F)F)c1)c1cccc(C(F)(F)F)c1. The largest absolute Gasteiger partial charge is 0.416 e. The number of rotatable bonds is 3. The molecule has 0 aliphatic rings. The van der Waals surface area contributed by atoms with Crippen molar-refractivity contribution >= 4 is 7.60 Å². The third-order valence-electron chi connectivity index (χ3n) is 3.40. The summed E-state index contributed by atoms with van der Waals surface area (Å²) in [6.45, 7) is 0. The zero-order valence-electron chi connectivity index (χ0n) is 12.2. The van der Waals surface area contributed by atoms with Gasteiger partial charge in [-0.1, -0.05) is 36.4 Å². The Hall–Kier alpha value is -1.83. The second-order valence-electron chi connectivity index (χ2n) is 5.24. The predicted octanol–water partition coefficient (Wildman–Crippen LogP) is 4.99. The monoisotopic (exact) mass is 384 g/mol. The first-order chi connectivity index (χ1) is 11.3. The highest BCUT2D eigenvalue weighted by Gasteiger charge is 2.37. The molecule has 0 heterocycles. The summed E-state index contributed by atoms with van der Waals surface area (Å²) < 4.78 is 88.6. The Morgan fingerprint density at radius 1 is 0.760 bits per heavy atom. The number of halogens is 6. The molecule has 0 unspecified atom stereocenters. The maximum absolute atomic E-state index is 12.8. The van der Waals surface area contributed by atoms with E-state index >= 15 is 0 Å². The van der Waals surface area contributed by atoms with Gasteiger partial charge in [0.1, 0.15) is 5.66 Å². The van der Waals surface area contributed by atoms with Crippen LogP contribution in [0.3, 0.4) is 0 Å². The van der Waals surface area contributed by atoms with Crippen LogP contribution in [0, 0.1) is 0 Å². The van der Waals surface area contributed by atoms with Crippen molar-refractivity contribution in [3.05, 3.63) is 70.8 Å². The van der Waals surface area contributed by atoms with E-state index in [1.807, 2.05) is 0 Å². The average Bonchev–Trinajstić information content (AvgIpc) is 2.45. The van der Waals surface area contributed by atoms with E-state index in [1.165, 1.54) is 0 Å². The van der Waals surface area contributed by atoms with Crippen LogP contribution in [0.4, 0.5) is 26.3 Å². The molecular weight excluding hydrogens is 373 g/mol. The van der Waals surface area contributed by atoms with Crippen molar-refractivity contribution in [3.63, 3.8) is 0 Å². The molecule has 25 heavy (non-hydrogen) atoms. The van der Waals surface area contributed by atoms with E-state index in [4.69, 9.17) is 0 Å². The van der Waals surface area contributed by atoms with Crippen molar-refractivity contribution in [2.75, 3.05) is 0 Å². The maximum Gasteiger partial charge on any atom is 0.416 e. The zero-order valence-corrected chi connectivity index (χ0v) is 13.1. The predicted molar refractivity (Wildman–Crippen MR) is 76.8 cm³/mol. The van der Waals surface area contributed by atoms with E-state index in [9.17, 15) is 40.7 Å². The molecule has 0 amide bonds. The topological polar surface area (TPSA) is 57.5 Å². The van der Waals surface area contributed by atoms with E-state index in [2.05, 4.69) is 0 Å². The smallest absolute Gasteiger partial charge is 0.324 e. The molecule has 0 bridgehead atoms. The summed E-state index contributed by atoms with van der Waals surface area (Å²) in [6, 6.07) is 6.37. The first-order valence-corrected chi connectivity index (χ1v) is 8.38. The summed E-state index contributed by atoms with van der Waals surface area (Å²) >= 11 is 0. The van der Waals surface area contributed by atoms with Crippen LogP contribution < -0.4 is 0 Å². The van der Waals surface area contributed by atoms with Gasteiger partial charge in [-0.15, -0.1) is 0 Å². The fourth-order valence-electron chi connectivity index (χ4n) is 2.35. The van der Waals surface area contributed by atoms with Crippen molar-refractivity contribution in [2.45, 2.75) is 18.0 Å². The van der Waals surface area contributed by atoms with Crippen LogP contribution >= 0.6 is 7.60 Å². The van der Waals surface area contributed by atoms with Crippen LogP contribution in [-0.4, -0.2) is 9.79 Å². The van der Waals surface area contributed by atoms with Crippen LogP contribution in [-0.2, 0) is 16.9 Å². The van der Waals surface area contributed by atoms with Gasteiger partial charge in [0.15, 0.2) is 0 Å². The molecule has 2 rings (SSSR count).